The van der Waals surface area contributed by atoms with Gasteiger partial charge in [-0.15, -0.1) is 0 Å². The van der Waals surface area contributed by atoms with Crippen LogP contribution < -0.4 is 24.3 Å². The molecule has 6 N–H and O–H groups in total. The molecule has 0 aliphatic rings. The summed E-state index contributed by atoms with van der Waals surface area (Å²) in [6.45, 7) is 3.09. The third-order valence-corrected chi connectivity index (χ3v) is 0.201. The Hall–Kier alpha value is 0.460. The van der Waals surface area contributed by atoms with Crippen LogP contribution in [0.2, 0.25) is 0 Å². The van der Waals surface area contributed by atoms with Crippen molar-refractivity contribution in [3.05, 3.63) is 12.7 Å². The van der Waals surface area contributed by atoms with Crippen LogP contribution >= 0.6 is 0 Å². The maximum Gasteiger partial charge on any atom is 0.240 e. The smallest absolute Gasteiger partial charge is 0.240 e. The van der Waals surface area contributed by atoms with E-state index in [9.17, 15) is 4.79 Å². The Balaban J connectivity index is -0.0000000267. The normalized spacial score (nSPS) is 4.00. The minimum Gasteiger partial charge on any atom is -1.00 e. The molecule has 8 heavy (non-hydrogen) atoms. The van der Waals surface area contributed by atoms with E-state index in [4.69, 9.17) is 0 Å². The minimum absolute atomic E-state index is 0. The van der Waals surface area contributed by atoms with Crippen molar-refractivity contribution in [2.45, 2.75) is 0 Å². The minimum atomic E-state index is -0.481. The van der Waals surface area contributed by atoms with Gasteiger partial charge in [0, 0.05) is 29.6 Å². The summed E-state index contributed by atoms with van der Waals surface area (Å²) in [6, 6.07) is 0. The largest absolute Gasteiger partial charge is 1.00 e. The molecule has 0 saturated carbocycles. The number of hydrogen-bond donors (Lipinski definition) is 2. The number of carbonyl (C=O) groups excluding carboxylic acids is 1. The predicted octanol–water partition coefficient (Wildman–Crippen LogP) is -3.34. The van der Waals surface area contributed by atoms with Crippen molar-refractivity contribution in [1.29, 1.82) is 0 Å². The molecule has 5 heteroatoms. The molecular weight excluding hydrogens is 138 g/mol. The van der Waals surface area contributed by atoms with Crippen LogP contribution in [0.1, 0.15) is 0 Å². The number of amides is 1. The molecule has 0 heterocycles. The van der Waals surface area contributed by atoms with E-state index in [0.717, 1.165) is 6.08 Å². The Labute approximate surface area is 77.0 Å². The van der Waals surface area contributed by atoms with Gasteiger partial charge in [0.25, 0.3) is 0 Å². The van der Waals surface area contributed by atoms with E-state index in [1.807, 2.05) is 0 Å². The fourth-order valence-electron chi connectivity index (χ4n) is 0. The standard InChI is InChI=1S/C3H5NO.ClH.H3N.Na/c1-2-3(4)5;;;/h2H,1H2,(H2,4,5);1H;1H3;. The SMILES string of the molecule is C=CC(N)=O.[Cl-].[NH4+].[Na]. The first-order valence-corrected chi connectivity index (χ1v) is 1.19. The molecule has 1 radical (unpaired) electrons. The number of primary amides is 1. The van der Waals surface area contributed by atoms with E-state index in [0.29, 0.717) is 0 Å². The first-order chi connectivity index (χ1) is 2.27. The van der Waals surface area contributed by atoms with E-state index in [-0.39, 0.29) is 48.1 Å². The van der Waals surface area contributed by atoms with Crippen LogP contribution in [0.3, 0.4) is 0 Å². The molecule has 0 unspecified atom stereocenters. The Kier molecular flexibility index (Phi) is 46.3. The number of carbonyl (C=O) groups is 1. The summed E-state index contributed by atoms with van der Waals surface area (Å²) in [6.07, 6.45) is 1.06. The predicted molar refractivity (Wildman–Crippen MR) is 31.1 cm³/mol. The maximum absolute atomic E-state index is 9.47. The van der Waals surface area contributed by atoms with Crippen LogP contribution in [0, 0.1) is 0 Å². The number of quaternary nitrogens is 1. The summed E-state index contributed by atoms with van der Waals surface area (Å²) < 4.78 is 0. The first-order valence-electron chi connectivity index (χ1n) is 1.19. The molecule has 0 aliphatic heterocycles. The van der Waals surface area contributed by atoms with Gasteiger partial charge in [0.05, 0.1) is 0 Å². The summed E-state index contributed by atoms with van der Waals surface area (Å²) in [5.74, 6) is -0.481. The maximum atomic E-state index is 9.47. The Morgan fingerprint density at radius 1 is 1.62 bits per heavy atom. The van der Waals surface area contributed by atoms with Gasteiger partial charge in [0.2, 0.25) is 5.91 Å². The van der Waals surface area contributed by atoms with Crippen molar-refractivity contribution in [1.82, 2.24) is 6.15 Å². The molecular formula is C3H9ClN2NaO. The molecule has 0 aromatic heterocycles. The fourth-order valence-corrected chi connectivity index (χ4v) is 0. The van der Waals surface area contributed by atoms with Gasteiger partial charge in [-0.3, -0.25) is 4.79 Å². The van der Waals surface area contributed by atoms with Crippen molar-refractivity contribution in [3.63, 3.8) is 0 Å². The first kappa shape index (κ1) is 23.7. The molecule has 0 spiro atoms. The van der Waals surface area contributed by atoms with Gasteiger partial charge < -0.3 is 24.3 Å². The topological polar surface area (TPSA) is 79.6 Å². The fraction of sp³-hybridized carbons (Fsp3) is 0. The molecule has 0 fully saturated rings. The zero-order chi connectivity index (χ0) is 4.28. The van der Waals surface area contributed by atoms with Gasteiger partial charge in [0.15, 0.2) is 0 Å². The zero-order valence-corrected chi connectivity index (χ0v) is 7.90. The molecule has 0 aliphatic carbocycles. The summed E-state index contributed by atoms with van der Waals surface area (Å²) in [7, 11) is 0. The van der Waals surface area contributed by atoms with E-state index >= 15 is 0 Å². The molecule has 0 aromatic rings. The van der Waals surface area contributed by atoms with Crippen molar-refractivity contribution in [2.75, 3.05) is 0 Å². The molecule has 0 aromatic carbocycles. The second kappa shape index (κ2) is 15.7. The van der Waals surface area contributed by atoms with Crippen molar-refractivity contribution < 1.29 is 17.2 Å². The summed E-state index contributed by atoms with van der Waals surface area (Å²) in [4.78, 5) is 9.47. The van der Waals surface area contributed by atoms with Crippen molar-refractivity contribution in [2.24, 2.45) is 5.73 Å². The Bertz CT molecular complexity index is 68.3. The molecule has 0 bridgehead atoms. The summed E-state index contributed by atoms with van der Waals surface area (Å²) >= 11 is 0. The van der Waals surface area contributed by atoms with Gasteiger partial charge in [-0.1, -0.05) is 6.58 Å². The van der Waals surface area contributed by atoms with Crippen molar-refractivity contribution >= 4 is 35.5 Å². The zero-order valence-electron chi connectivity index (χ0n) is 5.15. The van der Waals surface area contributed by atoms with Crippen LogP contribution in [0.15, 0.2) is 12.7 Å². The second-order valence-corrected chi connectivity index (χ2v) is 0.606. The molecule has 45 valence electrons. The number of halogens is 1. The molecule has 0 saturated heterocycles. The van der Waals surface area contributed by atoms with Gasteiger partial charge in [-0.2, -0.15) is 0 Å². The van der Waals surface area contributed by atoms with E-state index in [2.05, 4.69) is 12.3 Å². The Morgan fingerprint density at radius 3 is 1.75 bits per heavy atom. The van der Waals surface area contributed by atoms with Gasteiger partial charge in [0.1, 0.15) is 0 Å². The monoisotopic (exact) mass is 147 g/mol. The van der Waals surface area contributed by atoms with Crippen LogP contribution in [0.4, 0.5) is 0 Å². The molecule has 0 atom stereocenters. The van der Waals surface area contributed by atoms with Crippen molar-refractivity contribution in [3.8, 4) is 0 Å². The van der Waals surface area contributed by atoms with Gasteiger partial charge in [-0.05, 0) is 6.08 Å². The summed E-state index contributed by atoms with van der Waals surface area (Å²) in [5, 5.41) is 0. The van der Waals surface area contributed by atoms with E-state index in [1.54, 1.807) is 0 Å². The Morgan fingerprint density at radius 2 is 1.75 bits per heavy atom. The van der Waals surface area contributed by atoms with Crippen LogP contribution in [0.5, 0.6) is 0 Å². The number of rotatable bonds is 1. The third kappa shape index (κ3) is 31.8. The third-order valence-electron chi connectivity index (χ3n) is 0.201. The van der Waals surface area contributed by atoms with E-state index < -0.39 is 5.91 Å². The van der Waals surface area contributed by atoms with Crippen LogP contribution in [0.25, 0.3) is 0 Å². The average Bonchev–Trinajstić information content (AvgIpc) is 1.38. The van der Waals surface area contributed by atoms with Crippen LogP contribution in [-0.2, 0) is 4.79 Å². The van der Waals surface area contributed by atoms with Crippen LogP contribution in [-0.4, -0.2) is 35.5 Å². The number of hydrogen-bond acceptors (Lipinski definition) is 1. The summed E-state index contributed by atoms with van der Waals surface area (Å²) in [5.41, 5.74) is 4.53. The molecule has 0 rings (SSSR count). The van der Waals surface area contributed by atoms with Gasteiger partial charge >= 0.3 is 0 Å². The number of nitrogens with two attached hydrogens (primary N) is 1. The van der Waals surface area contributed by atoms with Gasteiger partial charge in [-0.25, -0.2) is 0 Å². The average molecular weight is 148 g/mol. The molecule has 3 nitrogen and oxygen atoms in total. The second-order valence-electron chi connectivity index (χ2n) is 0.606. The molecule has 1 amide bonds. The quantitative estimate of drug-likeness (QED) is 0.295. The van der Waals surface area contributed by atoms with E-state index in [1.165, 1.54) is 0 Å².